The highest BCUT2D eigenvalue weighted by molar-refractivity contribution is 6.40. The van der Waals surface area contributed by atoms with Gasteiger partial charge >= 0.3 is 12.0 Å². The number of amides is 1. The molecule has 1 aliphatic heterocycles. The number of aryl methyl sites for hydroxylation is 1. The first-order chi connectivity index (χ1) is 13.0. The lowest BCUT2D eigenvalue weighted by molar-refractivity contribution is -0.323. The summed E-state index contributed by atoms with van der Waals surface area (Å²) in [4.78, 5) is 14.4. The van der Waals surface area contributed by atoms with E-state index in [9.17, 15) is 27.5 Å². The first kappa shape index (κ1) is 20.9. The fraction of sp³-hybridized carbons (Fsp3) is 0.316. The van der Waals surface area contributed by atoms with Crippen molar-refractivity contribution in [3.8, 4) is 0 Å². The van der Waals surface area contributed by atoms with Crippen LogP contribution in [0, 0.1) is 0 Å². The zero-order chi connectivity index (χ0) is 20.7. The van der Waals surface area contributed by atoms with E-state index in [4.69, 9.17) is 23.2 Å². The summed E-state index contributed by atoms with van der Waals surface area (Å²) in [7, 11) is 0. The van der Waals surface area contributed by atoms with Crippen molar-refractivity contribution in [2.75, 3.05) is 11.4 Å². The van der Waals surface area contributed by atoms with Gasteiger partial charge in [0.05, 0.1) is 15.6 Å². The molecule has 0 saturated heterocycles. The Kier molecular flexibility index (Phi) is 5.62. The number of aliphatic hydroxyl groups is 1. The quantitative estimate of drug-likeness (QED) is 0.618. The molecule has 1 heterocycles. The number of hydrogen-bond donors (Lipinski definition) is 1. The number of anilines is 1. The lowest BCUT2D eigenvalue weighted by Gasteiger charge is -2.26. The van der Waals surface area contributed by atoms with Gasteiger partial charge in [-0.25, -0.2) is 0 Å². The van der Waals surface area contributed by atoms with Crippen molar-refractivity contribution in [1.82, 2.24) is 0 Å². The van der Waals surface area contributed by atoms with Crippen molar-refractivity contribution < 1.29 is 27.5 Å². The summed E-state index contributed by atoms with van der Waals surface area (Å²) >= 11 is 12.2. The van der Waals surface area contributed by atoms with Gasteiger partial charge in [-0.15, -0.1) is 0 Å². The molecule has 1 atom stereocenters. The molecule has 0 spiro atoms. The summed E-state index contributed by atoms with van der Waals surface area (Å²) in [5, 5.41) is 9.61. The van der Waals surface area contributed by atoms with E-state index in [1.54, 1.807) is 6.07 Å². The number of alkyl halides is 4. The van der Waals surface area contributed by atoms with Crippen LogP contribution in [0.1, 0.15) is 34.3 Å². The highest BCUT2D eigenvalue weighted by atomic mass is 35.5. The first-order valence-electron chi connectivity index (χ1n) is 8.41. The van der Waals surface area contributed by atoms with Gasteiger partial charge in [-0.3, -0.25) is 4.79 Å². The van der Waals surface area contributed by atoms with Gasteiger partial charge in [-0.1, -0.05) is 35.3 Å². The van der Waals surface area contributed by atoms with Crippen LogP contribution in [0.25, 0.3) is 0 Å². The van der Waals surface area contributed by atoms with Crippen molar-refractivity contribution in [2.45, 2.75) is 31.3 Å². The third-order valence-electron chi connectivity index (χ3n) is 4.63. The molecule has 0 aliphatic carbocycles. The van der Waals surface area contributed by atoms with E-state index >= 15 is 0 Å². The lowest BCUT2D eigenvalue weighted by Crippen LogP contribution is -2.38. The standard InChI is InChI=1S/C19H15Cl2F4NO2/c20-13-5-3-6-14(21)16(13)17(27)26-9-2-1-4-11-10-12(7-8-15(11)26)18(22,28)19(23,24)25/h3,5-8,10,28H,1-2,4,9H2. The number of hydrogen-bond acceptors (Lipinski definition) is 2. The maximum atomic E-state index is 13.9. The van der Waals surface area contributed by atoms with E-state index in [-0.39, 0.29) is 15.6 Å². The van der Waals surface area contributed by atoms with Gasteiger partial charge in [0.1, 0.15) is 0 Å². The highest BCUT2D eigenvalue weighted by Crippen LogP contribution is 2.42. The number of halogens is 6. The van der Waals surface area contributed by atoms with Gasteiger partial charge in [-0.05, 0) is 49.1 Å². The Morgan fingerprint density at radius 2 is 1.68 bits per heavy atom. The largest absolute Gasteiger partial charge is 0.453 e. The van der Waals surface area contributed by atoms with Crippen LogP contribution in [0.15, 0.2) is 36.4 Å². The molecular formula is C19H15Cl2F4NO2. The van der Waals surface area contributed by atoms with E-state index in [1.807, 2.05) is 0 Å². The number of carbonyl (C=O) groups excluding carboxylic acids is 1. The van der Waals surface area contributed by atoms with Crippen molar-refractivity contribution in [3.05, 3.63) is 63.1 Å². The molecule has 0 saturated carbocycles. The molecule has 3 rings (SSSR count). The van der Waals surface area contributed by atoms with Crippen molar-refractivity contribution in [3.63, 3.8) is 0 Å². The monoisotopic (exact) mass is 435 g/mol. The van der Waals surface area contributed by atoms with E-state index < -0.39 is 23.5 Å². The zero-order valence-corrected chi connectivity index (χ0v) is 15.9. The van der Waals surface area contributed by atoms with Crippen molar-refractivity contribution in [1.29, 1.82) is 0 Å². The fourth-order valence-corrected chi connectivity index (χ4v) is 3.73. The van der Waals surface area contributed by atoms with Gasteiger partial charge in [0.2, 0.25) is 0 Å². The summed E-state index contributed by atoms with van der Waals surface area (Å²) in [6.45, 7) is 0.298. The molecule has 1 unspecified atom stereocenters. The summed E-state index contributed by atoms with van der Waals surface area (Å²) in [6.07, 6.45) is -3.99. The van der Waals surface area contributed by atoms with E-state index in [0.29, 0.717) is 37.1 Å². The minimum Gasteiger partial charge on any atom is -0.351 e. The Morgan fingerprint density at radius 3 is 2.29 bits per heavy atom. The molecule has 28 heavy (non-hydrogen) atoms. The first-order valence-corrected chi connectivity index (χ1v) is 9.17. The van der Waals surface area contributed by atoms with Crippen molar-refractivity contribution >= 4 is 34.8 Å². The van der Waals surface area contributed by atoms with Crippen LogP contribution in [-0.4, -0.2) is 23.7 Å². The third-order valence-corrected chi connectivity index (χ3v) is 5.26. The Hall–Kier alpha value is -1.83. The second kappa shape index (κ2) is 7.54. The van der Waals surface area contributed by atoms with E-state index in [0.717, 1.165) is 12.1 Å². The van der Waals surface area contributed by atoms with Gasteiger partial charge in [0.15, 0.2) is 0 Å². The van der Waals surface area contributed by atoms with Gasteiger partial charge < -0.3 is 10.0 Å². The molecule has 1 N–H and O–H groups in total. The van der Waals surface area contributed by atoms with Crippen LogP contribution in [-0.2, 0) is 12.3 Å². The molecule has 0 bridgehead atoms. The minimum absolute atomic E-state index is 0.0834. The Labute approximate surface area is 168 Å². The summed E-state index contributed by atoms with van der Waals surface area (Å²) in [6, 6.07) is 7.58. The van der Waals surface area contributed by atoms with Crippen LogP contribution in [0.2, 0.25) is 10.0 Å². The van der Waals surface area contributed by atoms with Crippen molar-refractivity contribution in [2.24, 2.45) is 0 Å². The number of nitrogens with zero attached hydrogens (tertiary/aromatic N) is 1. The van der Waals surface area contributed by atoms with Gasteiger partial charge in [0, 0.05) is 17.8 Å². The second-order valence-corrected chi connectivity index (χ2v) is 7.29. The van der Waals surface area contributed by atoms with Crippen LogP contribution in [0.5, 0.6) is 0 Å². The predicted molar refractivity (Wildman–Crippen MR) is 98.6 cm³/mol. The molecule has 0 radical (unpaired) electrons. The maximum Gasteiger partial charge on any atom is 0.453 e. The molecule has 1 aliphatic rings. The Bertz CT molecular complexity index is 895. The number of benzene rings is 2. The summed E-state index contributed by atoms with van der Waals surface area (Å²) in [5.41, 5.74) is -0.184. The molecule has 2 aromatic rings. The third kappa shape index (κ3) is 3.71. The van der Waals surface area contributed by atoms with Gasteiger partial charge in [0.25, 0.3) is 5.91 Å². The maximum absolute atomic E-state index is 13.9. The molecule has 2 aromatic carbocycles. The van der Waals surface area contributed by atoms with E-state index in [2.05, 4.69) is 0 Å². The molecule has 0 aromatic heterocycles. The average Bonchev–Trinajstić information content (AvgIpc) is 2.82. The molecular weight excluding hydrogens is 421 g/mol. The zero-order valence-electron chi connectivity index (χ0n) is 14.4. The fourth-order valence-electron chi connectivity index (χ4n) is 3.17. The van der Waals surface area contributed by atoms with Gasteiger partial charge in [-0.2, -0.15) is 17.6 Å². The molecule has 3 nitrogen and oxygen atoms in total. The Balaban J connectivity index is 2.06. The lowest BCUT2D eigenvalue weighted by atomic mass is 9.99. The van der Waals surface area contributed by atoms with E-state index in [1.165, 1.54) is 23.1 Å². The summed E-state index contributed by atoms with van der Waals surface area (Å²) < 4.78 is 52.4. The number of rotatable bonds is 2. The minimum atomic E-state index is -5.48. The topological polar surface area (TPSA) is 40.5 Å². The molecule has 0 fully saturated rings. The normalized spacial score (nSPS) is 16.9. The molecule has 150 valence electrons. The van der Waals surface area contributed by atoms with Crippen LogP contribution >= 0.6 is 23.2 Å². The smallest absolute Gasteiger partial charge is 0.351 e. The molecule has 1 amide bonds. The second-order valence-electron chi connectivity index (χ2n) is 6.47. The SMILES string of the molecule is O=C(c1c(Cl)cccc1Cl)N1CCCCc2cc(C(O)(F)C(F)(F)F)ccc21. The Morgan fingerprint density at radius 1 is 1.04 bits per heavy atom. The van der Waals surface area contributed by atoms with Crippen LogP contribution in [0.4, 0.5) is 23.2 Å². The van der Waals surface area contributed by atoms with Crippen LogP contribution < -0.4 is 4.90 Å². The summed E-state index contributed by atoms with van der Waals surface area (Å²) in [5.74, 6) is -4.98. The number of fused-ring (bicyclic) bond motifs is 1. The average molecular weight is 436 g/mol. The highest BCUT2D eigenvalue weighted by Gasteiger charge is 2.56. The predicted octanol–water partition coefficient (Wildman–Crippen LogP) is 5.65. The number of carbonyl (C=O) groups is 1. The van der Waals surface area contributed by atoms with Crippen LogP contribution in [0.3, 0.4) is 0 Å². The molecule has 9 heteroatoms.